The molecular weight excluding hydrogens is 222 g/mol. The first-order chi connectivity index (χ1) is 8.63. The van der Waals surface area contributed by atoms with Crippen LogP contribution in [0.3, 0.4) is 0 Å². The Morgan fingerprint density at radius 3 is 2.28 bits per heavy atom. The fraction of sp³-hybridized carbons (Fsp3) is 0.625. The summed E-state index contributed by atoms with van der Waals surface area (Å²) in [6.07, 6.45) is 1.05. The van der Waals surface area contributed by atoms with Gasteiger partial charge in [-0.25, -0.2) is 0 Å². The smallest absolute Gasteiger partial charge is 0.119 e. The van der Waals surface area contributed by atoms with E-state index >= 15 is 0 Å². The van der Waals surface area contributed by atoms with Gasteiger partial charge in [0.15, 0.2) is 0 Å². The quantitative estimate of drug-likeness (QED) is 0.756. The molecule has 0 saturated heterocycles. The molecular formula is C16H27NO. The molecule has 102 valence electrons. The van der Waals surface area contributed by atoms with Crippen LogP contribution in [0, 0.1) is 5.92 Å². The third-order valence-corrected chi connectivity index (χ3v) is 2.93. The van der Waals surface area contributed by atoms with E-state index in [1.807, 2.05) is 0 Å². The molecule has 2 nitrogen and oxygen atoms in total. The summed E-state index contributed by atoms with van der Waals surface area (Å²) in [5.74, 6) is 2.23. The molecule has 1 aromatic carbocycles. The van der Waals surface area contributed by atoms with E-state index in [0.717, 1.165) is 31.9 Å². The van der Waals surface area contributed by atoms with Gasteiger partial charge in [0.1, 0.15) is 5.75 Å². The number of rotatable bonds is 8. The van der Waals surface area contributed by atoms with Crippen molar-refractivity contribution in [1.82, 2.24) is 5.32 Å². The van der Waals surface area contributed by atoms with Crippen LogP contribution in [0.2, 0.25) is 0 Å². The Morgan fingerprint density at radius 2 is 1.72 bits per heavy atom. The second-order valence-electron chi connectivity index (χ2n) is 5.37. The van der Waals surface area contributed by atoms with Crippen molar-refractivity contribution < 1.29 is 4.74 Å². The molecule has 0 aliphatic carbocycles. The summed E-state index contributed by atoms with van der Waals surface area (Å²) in [6.45, 7) is 11.8. The van der Waals surface area contributed by atoms with Crippen molar-refractivity contribution in [3.63, 3.8) is 0 Å². The molecule has 0 heterocycles. The van der Waals surface area contributed by atoms with Gasteiger partial charge in [0, 0.05) is 6.54 Å². The molecule has 0 spiro atoms. The largest absolute Gasteiger partial charge is 0.494 e. The van der Waals surface area contributed by atoms with Crippen molar-refractivity contribution in [2.75, 3.05) is 19.7 Å². The Balaban J connectivity index is 2.40. The predicted molar refractivity (Wildman–Crippen MR) is 78.4 cm³/mol. The Bertz CT molecular complexity index is 318. The van der Waals surface area contributed by atoms with Crippen molar-refractivity contribution in [2.45, 2.75) is 40.0 Å². The molecule has 0 fully saturated rings. The van der Waals surface area contributed by atoms with Gasteiger partial charge < -0.3 is 10.1 Å². The van der Waals surface area contributed by atoms with Crippen molar-refractivity contribution >= 4 is 0 Å². The summed E-state index contributed by atoms with van der Waals surface area (Å²) in [6, 6.07) is 8.49. The highest BCUT2D eigenvalue weighted by Crippen LogP contribution is 2.19. The van der Waals surface area contributed by atoms with Gasteiger partial charge in [-0.1, -0.05) is 39.8 Å². The van der Waals surface area contributed by atoms with Gasteiger partial charge in [-0.3, -0.25) is 0 Å². The lowest BCUT2D eigenvalue weighted by atomic mass is 10.0. The minimum atomic E-state index is 0.545. The van der Waals surface area contributed by atoms with Crippen LogP contribution in [0.5, 0.6) is 5.75 Å². The van der Waals surface area contributed by atoms with Crippen LogP contribution in [-0.2, 0) is 0 Å². The predicted octanol–water partition coefficient (Wildman–Crippen LogP) is 3.82. The van der Waals surface area contributed by atoms with Gasteiger partial charge in [-0.15, -0.1) is 0 Å². The van der Waals surface area contributed by atoms with Gasteiger partial charge in [0.2, 0.25) is 0 Å². The molecule has 0 aliphatic rings. The lowest BCUT2D eigenvalue weighted by Gasteiger charge is -2.15. The van der Waals surface area contributed by atoms with Crippen LogP contribution in [0.4, 0.5) is 0 Å². The molecule has 0 aromatic heterocycles. The van der Waals surface area contributed by atoms with Crippen molar-refractivity contribution in [2.24, 2.45) is 5.92 Å². The Hall–Kier alpha value is -1.02. The van der Waals surface area contributed by atoms with Crippen LogP contribution in [0.1, 0.15) is 45.6 Å². The number of hydrogen-bond donors (Lipinski definition) is 1. The Kier molecular flexibility index (Phi) is 6.81. The zero-order chi connectivity index (χ0) is 13.4. The Labute approximate surface area is 112 Å². The molecule has 0 amide bonds. The van der Waals surface area contributed by atoms with E-state index in [1.54, 1.807) is 0 Å². The Morgan fingerprint density at radius 1 is 1.06 bits per heavy atom. The number of ether oxygens (including phenoxy) is 1. The zero-order valence-corrected chi connectivity index (χ0v) is 12.2. The molecule has 1 N–H and O–H groups in total. The number of nitrogens with one attached hydrogen (secondary N) is 1. The lowest BCUT2D eigenvalue weighted by Crippen LogP contribution is -2.24. The second-order valence-corrected chi connectivity index (χ2v) is 5.37. The number of benzene rings is 1. The van der Waals surface area contributed by atoms with Crippen LogP contribution in [0.15, 0.2) is 24.3 Å². The average molecular weight is 249 g/mol. The summed E-state index contributed by atoms with van der Waals surface area (Å²) >= 11 is 0. The maximum absolute atomic E-state index is 5.59. The van der Waals surface area contributed by atoms with E-state index in [1.165, 1.54) is 5.56 Å². The SMILES string of the molecule is CCCOc1ccc(C(C)CNCC(C)C)cc1. The standard InChI is InChI=1S/C16H27NO/c1-5-10-18-16-8-6-15(7-9-16)14(4)12-17-11-13(2)3/h6-9,13-14,17H,5,10-12H2,1-4H3. The van der Waals surface area contributed by atoms with Gasteiger partial charge in [-0.05, 0) is 42.5 Å². The summed E-state index contributed by atoms with van der Waals surface area (Å²) < 4.78 is 5.59. The fourth-order valence-corrected chi connectivity index (χ4v) is 1.82. The molecule has 0 aliphatic heterocycles. The van der Waals surface area contributed by atoms with E-state index in [0.29, 0.717) is 11.8 Å². The minimum absolute atomic E-state index is 0.545. The molecule has 1 aromatic rings. The molecule has 0 radical (unpaired) electrons. The summed E-state index contributed by atoms with van der Waals surface area (Å²) in [4.78, 5) is 0. The van der Waals surface area contributed by atoms with Gasteiger partial charge in [-0.2, -0.15) is 0 Å². The highest BCUT2D eigenvalue weighted by atomic mass is 16.5. The highest BCUT2D eigenvalue weighted by Gasteiger charge is 2.05. The van der Waals surface area contributed by atoms with Crippen LogP contribution < -0.4 is 10.1 Å². The highest BCUT2D eigenvalue weighted by molar-refractivity contribution is 5.29. The van der Waals surface area contributed by atoms with Crippen LogP contribution >= 0.6 is 0 Å². The maximum Gasteiger partial charge on any atom is 0.119 e. The van der Waals surface area contributed by atoms with Gasteiger partial charge >= 0.3 is 0 Å². The lowest BCUT2D eigenvalue weighted by molar-refractivity contribution is 0.317. The normalized spacial score (nSPS) is 12.7. The van der Waals surface area contributed by atoms with Gasteiger partial charge in [0.05, 0.1) is 6.61 Å². The van der Waals surface area contributed by atoms with E-state index in [9.17, 15) is 0 Å². The van der Waals surface area contributed by atoms with E-state index in [2.05, 4.69) is 57.3 Å². The average Bonchev–Trinajstić information content (AvgIpc) is 2.36. The third-order valence-electron chi connectivity index (χ3n) is 2.93. The molecule has 18 heavy (non-hydrogen) atoms. The summed E-state index contributed by atoms with van der Waals surface area (Å²) in [7, 11) is 0. The molecule has 1 atom stereocenters. The zero-order valence-electron chi connectivity index (χ0n) is 12.2. The second kappa shape index (κ2) is 8.15. The third kappa shape index (κ3) is 5.54. The first-order valence-electron chi connectivity index (χ1n) is 7.07. The molecule has 1 unspecified atom stereocenters. The fourth-order valence-electron chi connectivity index (χ4n) is 1.82. The summed E-state index contributed by atoms with van der Waals surface area (Å²) in [5.41, 5.74) is 1.37. The van der Waals surface area contributed by atoms with E-state index in [4.69, 9.17) is 4.74 Å². The van der Waals surface area contributed by atoms with Crippen LogP contribution in [-0.4, -0.2) is 19.7 Å². The van der Waals surface area contributed by atoms with Crippen molar-refractivity contribution in [3.8, 4) is 5.75 Å². The minimum Gasteiger partial charge on any atom is -0.494 e. The monoisotopic (exact) mass is 249 g/mol. The van der Waals surface area contributed by atoms with E-state index < -0.39 is 0 Å². The topological polar surface area (TPSA) is 21.3 Å². The van der Waals surface area contributed by atoms with Gasteiger partial charge in [0.25, 0.3) is 0 Å². The first-order valence-corrected chi connectivity index (χ1v) is 7.07. The first kappa shape index (κ1) is 15.0. The maximum atomic E-state index is 5.59. The summed E-state index contributed by atoms with van der Waals surface area (Å²) in [5, 5.41) is 3.50. The van der Waals surface area contributed by atoms with Crippen molar-refractivity contribution in [1.29, 1.82) is 0 Å². The van der Waals surface area contributed by atoms with E-state index in [-0.39, 0.29) is 0 Å². The number of hydrogen-bond acceptors (Lipinski definition) is 2. The molecule has 2 heteroatoms. The molecule has 0 bridgehead atoms. The van der Waals surface area contributed by atoms with Crippen molar-refractivity contribution in [3.05, 3.63) is 29.8 Å². The molecule has 1 rings (SSSR count). The molecule has 0 saturated carbocycles. The van der Waals surface area contributed by atoms with Crippen LogP contribution in [0.25, 0.3) is 0 Å².